The van der Waals surface area contributed by atoms with Crippen LogP contribution in [0.15, 0.2) is 38.9 Å². The molecular weight excluding hydrogens is 302 g/mol. The molecule has 1 aliphatic heterocycles. The molecule has 1 fully saturated rings. The molecule has 2 rings (SSSR count). The number of thioether (sulfide) groups is 1. The summed E-state index contributed by atoms with van der Waals surface area (Å²) in [4.78, 5) is 10.9. The Morgan fingerprint density at radius 3 is 2.71 bits per heavy atom. The van der Waals surface area contributed by atoms with Gasteiger partial charge in [0.2, 0.25) is 5.91 Å². The highest BCUT2D eigenvalue weighted by Gasteiger charge is 2.16. The fourth-order valence-corrected chi connectivity index (χ4v) is 2.14. The number of benzene rings is 1. The van der Waals surface area contributed by atoms with Crippen LogP contribution in [0.4, 0.5) is 0 Å². The first kappa shape index (κ1) is 12.3. The molecule has 0 unspecified atom stereocenters. The first-order chi connectivity index (χ1) is 8.15. The van der Waals surface area contributed by atoms with E-state index in [9.17, 15) is 4.79 Å². The van der Waals surface area contributed by atoms with Gasteiger partial charge in [-0.25, -0.2) is 0 Å². The standard InChI is InChI=1S/C11H10BrN3OS/c1-7(8-2-4-9(12)5-3-8)14-15-11-13-10(16)6-17-11/h2-5H,6H2,1H3,(H,13,15,16)/b14-7-. The minimum absolute atomic E-state index is 0.0229. The van der Waals surface area contributed by atoms with Gasteiger partial charge in [0.1, 0.15) is 0 Å². The van der Waals surface area contributed by atoms with Gasteiger partial charge in [0.05, 0.1) is 11.5 Å². The van der Waals surface area contributed by atoms with Crippen LogP contribution in [0.3, 0.4) is 0 Å². The Morgan fingerprint density at radius 2 is 2.12 bits per heavy atom. The number of nitrogens with zero attached hydrogens (tertiary/aromatic N) is 2. The molecule has 1 saturated heterocycles. The van der Waals surface area contributed by atoms with E-state index in [1.54, 1.807) is 0 Å². The quantitative estimate of drug-likeness (QED) is 0.673. The summed E-state index contributed by atoms with van der Waals surface area (Å²) in [5.74, 6) is 0.399. The number of carbonyl (C=O) groups excluding carboxylic acids is 1. The van der Waals surface area contributed by atoms with Gasteiger partial charge in [-0.05, 0) is 24.6 Å². The summed E-state index contributed by atoms with van der Waals surface area (Å²) in [6.07, 6.45) is 0. The largest absolute Gasteiger partial charge is 0.303 e. The van der Waals surface area contributed by atoms with Crippen LogP contribution >= 0.6 is 27.7 Å². The molecule has 88 valence electrons. The van der Waals surface area contributed by atoms with Crippen LogP contribution in [-0.2, 0) is 4.79 Å². The smallest absolute Gasteiger partial charge is 0.236 e. The molecule has 1 amide bonds. The Hall–Kier alpha value is -1.14. The molecule has 0 aliphatic carbocycles. The average molecular weight is 312 g/mol. The molecule has 6 heteroatoms. The Bertz CT molecular complexity index is 496. The lowest BCUT2D eigenvalue weighted by atomic mass is 10.1. The fraction of sp³-hybridized carbons (Fsp3) is 0.182. The molecule has 1 aromatic carbocycles. The summed E-state index contributed by atoms with van der Waals surface area (Å²) in [6, 6.07) is 7.83. The summed E-state index contributed by atoms with van der Waals surface area (Å²) in [5, 5.41) is 11.3. The maximum Gasteiger partial charge on any atom is 0.236 e. The second kappa shape index (κ2) is 5.46. The van der Waals surface area contributed by atoms with E-state index < -0.39 is 0 Å². The minimum Gasteiger partial charge on any atom is -0.303 e. The molecule has 0 atom stereocenters. The van der Waals surface area contributed by atoms with Crippen LogP contribution in [0.1, 0.15) is 12.5 Å². The molecule has 1 N–H and O–H groups in total. The highest BCUT2D eigenvalue weighted by molar-refractivity contribution is 9.10. The van der Waals surface area contributed by atoms with E-state index in [1.165, 1.54) is 11.8 Å². The van der Waals surface area contributed by atoms with Crippen LogP contribution in [0.25, 0.3) is 0 Å². The van der Waals surface area contributed by atoms with Gasteiger partial charge < -0.3 is 5.32 Å². The van der Waals surface area contributed by atoms with Gasteiger partial charge in [-0.2, -0.15) is 5.10 Å². The molecule has 0 radical (unpaired) electrons. The third-order valence-corrected chi connectivity index (χ3v) is 3.53. The van der Waals surface area contributed by atoms with Crippen LogP contribution in [-0.4, -0.2) is 22.5 Å². The van der Waals surface area contributed by atoms with Crippen LogP contribution < -0.4 is 5.32 Å². The molecule has 17 heavy (non-hydrogen) atoms. The summed E-state index contributed by atoms with van der Waals surface area (Å²) in [6.45, 7) is 1.88. The highest BCUT2D eigenvalue weighted by Crippen LogP contribution is 2.12. The van der Waals surface area contributed by atoms with E-state index in [0.29, 0.717) is 10.9 Å². The number of rotatable bonds is 2. The number of halogens is 1. The molecule has 0 saturated carbocycles. The predicted molar refractivity (Wildman–Crippen MR) is 74.4 cm³/mol. The number of hydrogen-bond donors (Lipinski definition) is 1. The first-order valence-corrected chi connectivity index (χ1v) is 6.74. The molecule has 1 aliphatic rings. The third kappa shape index (κ3) is 3.41. The molecule has 0 aromatic heterocycles. The summed E-state index contributed by atoms with van der Waals surface area (Å²) >= 11 is 4.74. The highest BCUT2D eigenvalue weighted by atomic mass is 79.9. The van der Waals surface area contributed by atoms with Gasteiger partial charge in [-0.1, -0.05) is 39.8 Å². The predicted octanol–water partition coefficient (Wildman–Crippen LogP) is 2.39. The van der Waals surface area contributed by atoms with Crippen molar-refractivity contribution in [1.82, 2.24) is 5.32 Å². The van der Waals surface area contributed by atoms with Crippen molar-refractivity contribution in [3.8, 4) is 0 Å². The van der Waals surface area contributed by atoms with Crippen LogP contribution in [0, 0.1) is 0 Å². The maximum absolute atomic E-state index is 10.9. The van der Waals surface area contributed by atoms with Crippen molar-refractivity contribution < 1.29 is 4.79 Å². The van der Waals surface area contributed by atoms with E-state index in [0.717, 1.165) is 15.7 Å². The van der Waals surface area contributed by atoms with Gasteiger partial charge in [-0.15, -0.1) is 5.10 Å². The Kier molecular flexibility index (Phi) is 3.96. The van der Waals surface area contributed by atoms with E-state index in [1.807, 2.05) is 31.2 Å². The van der Waals surface area contributed by atoms with E-state index in [-0.39, 0.29) is 5.91 Å². The van der Waals surface area contributed by atoms with Gasteiger partial charge in [0.25, 0.3) is 0 Å². The van der Waals surface area contributed by atoms with Crippen molar-refractivity contribution >= 4 is 44.5 Å². The summed E-state index contributed by atoms with van der Waals surface area (Å²) < 4.78 is 1.03. The van der Waals surface area contributed by atoms with Crippen molar-refractivity contribution in [3.05, 3.63) is 34.3 Å². The molecule has 1 aromatic rings. The number of nitrogens with one attached hydrogen (secondary N) is 1. The van der Waals surface area contributed by atoms with E-state index in [2.05, 4.69) is 31.4 Å². The van der Waals surface area contributed by atoms with Crippen molar-refractivity contribution in [2.24, 2.45) is 10.2 Å². The normalized spacial score (nSPS) is 18.6. The lowest BCUT2D eigenvalue weighted by Crippen LogP contribution is -2.19. The lowest BCUT2D eigenvalue weighted by Gasteiger charge is -1.98. The SMILES string of the molecule is C/C(=N/N=C1/NC(=O)CS1)c1ccc(Br)cc1. The van der Waals surface area contributed by atoms with Crippen molar-refractivity contribution in [1.29, 1.82) is 0 Å². The zero-order chi connectivity index (χ0) is 12.3. The van der Waals surface area contributed by atoms with E-state index >= 15 is 0 Å². The second-order valence-electron chi connectivity index (χ2n) is 3.43. The van der Waals surface area contributed by atoms with Gasteiger partial charge in [0.15, 0.2) is 5.17 Å². The van der Waals surface area contributed by atoms with Crippen molar-refractivity contribution in [3.63, 3.8) is 0 Å². The number of hydrogen-bond acceptors (Lipinski definition) is 4. The Morgan fingerprint density at radius 1 is 1.41 bits per heavy atom. The van der Waals surface area contributed by atoms with Gasteiger partial charge >= 0.3 is 0 Å². The third-order valence-electron chi connectivity index (χ3n) is 2.14. The Balaban J connectivity index is 2.12. The Labute approximate surface area is 112 Å². The van der Waals surface area contributed by atoms with E-state index in [4.69, 9.17) is 0 Å². The number of carbonyl (C=O) groups is 1. The van der Waals surface area contributed by atoms with Crippen LogP contribution in [0.5, 0.6) is 0 Å². The van der Waals surface area contributed by atoms with Crippen LogP contribution in [0.2, 0.25) is 0 Å². The zero-order valence-corrected chi connectivity index (χ0v) is 11.5. The molecule has 4 nitrogen and oxygen atoms in total. The molecule has 1 heterocycles. The van der Waals surface area contributed by atoms with Gasteiger partial charge in [-0.3, -0.25) is 4.79 Å². The maximum atomic E-state index is 10.9. The fourth-order valence-electron chi connectivity index (χ4n) is 1.25. The van der Waals surface area contributed by atoms with Gasteiger partial charge in [0, 0.05) is 4.47 Å². The number of amides is 1. The summed E-state index contributed by atoms with van der Waals surface area (Å²) in [5.41, 5.74) is 1.82. The number of amidine groups is 1. The molecular formula is C11H10BrN3OS. The monoisotopic (exact) mass is 311 g/mol. The summed E-state index contributed by atoms with van der Waals surface area (Å²) in [7, 11) is 0. The molecule has 0 spiro atoms. The topological polar surface area (TPSA) is 53.8 Å². The van der Waals surface area contributed by atoms with Crippen molar-refractivity contribution in [2.75, 3.05) is 5.75 Å². The zero-order valence-electron chi connectivity index (χ0n) is 9.11. The lowest BCUT2D eigenvalue weighted by molar-refractivity contribution is -0.116. The first-order valence-electron chi connectivity index (χ1n) is 4.96. The molecule has 0 bridgehead atoms. The average Bonchev–Trinajstić information content (AvgIpc) is 2.73. The minimum atomic E-state index is -0.0229. The van der Waals surface area contributed by atoms with Crippen molar-refractivity contribution in [2.45, 2.75) is 6.92 Å². The second-order valence-corrected chi connectivity index (χ2v) is 5.31.